The molecule has 0 saturated heterocycles. The Balaban J connectivity index is 1.80. The van der Waals surface area contributed by atoms with E-state index in [0.717, 1.165) is 28.0 Å². The van der Waals surface area contributed by atoms with Crippen molar-refractivity contribution in [1.82, 2.24) is 0 Å². The number of fused-ring (bicyclic) bond motifs is 1. The van der Waals surface area contributed by atoms with E-state index < -0.39 is 0 Å². The van der Waals surface area contributed by atoms with Crippen molar-refractivity contribution in [3.8, 4) is 16.9 Å². The molecule has 0 amide bonds. The van der Waals surface area contributed by atoms with Gasteiger partial charge in [0.15, 0.2) is 0 Å². The number of allylic oxidation sites excluding steroid dienone is 2. The second kappa shape index (κ2) is 8.34. The third kappa shape index (κ3) is 4.51. The van der Waals surface area contributed by atoms with Gasteiger partial charge >= 0.3 is 5.97 Å². The first-order valence-electron chi connectivity index (χ1n) is 8.71. The molecule has 0 fully saturated rings. The Morgan fingerprint density at radius 3 is 2.73 bits per heavy atom. The molecule has 1 aliphatic rings. The lowest BCUT2D eigenvalue weighted by molar-refractivity contribution is -0.137. The first-order chi connectivity index (χ1) is 12.7. The number of benzene rings is 2. The van der Waals surface area contributed by atoms with Gasteiger partial charge in [0.1, 0.15) is 12.4 Å². The zero-order valence-corrected chi connectivity index (χ0v) is 15.1. The third-order valence-electron chi connectivity index (χ3n) is 4.04. The van der Waals surface area contributed by atoms with E-state index in [2.05, 4.69) is 30.3 Å². The smallest absolute Gasteiger partial charge is 0.330 e. The van der Waals surface area contributed by atoms with Gasteiger partial charge in [-0.2, -0.15) is 0 Å². The van der Waals surface area contributed by atoms with Crippen LogP contribution in [0.4, 0.5) is 0 Å². The molecule has 0 radical (unpaired) electrons. The molecule has 0 bridgehead atoms. The van der Waals surface area contributed by atoms with Crippen molar-refractivity contribution >= 4 is 12.0 Å². The fourth-order valence-corrected chi connectivity index (χ4v) is 2.76. The van der Waals surface area contributed by atoms with Crippen LogP contribution in [0.2, 0.25) is 0 Å². The molecular formula is C23H22O3. The van der Waals surface area contributed by atoms with Gasteiger partial charge in [0, 0.05) is 11.6 Å². The second-order valence-corrected chi connectivity index (χ2v) is 6.10. The second-order valence-electron chi connectivity index (χ2n) is 6.10. The van der Waals surface area contributed by atoms with E-state index >= 15 is 0 Å². The van der Waals surface area contributed by atoms with Crippen LogP contribution in [0.5, 0.6) is 5.75 Å². The lowest BCUT2D eigenvalue weighted by Gasteiger charge is -2.17. The van der Waals surface area contributed by atoms with Crippen molar-refractivity contribution in [1.29, 1.82) is 0 Å². The first-order valence-corrected chi connectivity index (χ1v) is 8.71. The Bertz CT molecular complexity index is 874. The molecule has 0 aromatic heterocycles. The van der Waals surface area contributed by atoms with Crippen molar-refractivity contribution in [2.75, 3.05) is 13.2 Å². The summed E-state index contributed by atoms with van der Waals surface area (Å²) in [6, 6.07) is 16.5. The normalized spacial score (nSPS) is 13.8. The van der Waals surface area contributed by atoms with Crippen LogP contribution in [0.1, 0.15) is 19.4 Å². The van der Waals surface area contributed by atoms with Crippen LogP contribution in [0.3, 0.4) is 0 Å². The Hall–Kier alpha value is -3.07. The Morgan fingerprint density at radius 1 is 1.15 bits per heavy atom. The quantitative estimate of drug-likeness (QED) is 0.424. The number of esters is 1. The lowest BCUT2D eigenvalue weighted by atomic mass is 9.99. The van der Waals surface area contributed by atoms with E-state index in [1.807, 2.05) is 43.3 Å². The predicted molar refractivity (Wildman–Crippen MR) is 105 cm³/mol. The van der Waals surface area contributed by atoms with Gasteiger partial charge in [-0.25, -0.2) is 4.79 Å². The first kappa shape index (κ1) is 17.7. The molecule has 26 heavy (non-hydrogen) atoms. The average Bonchev–Trinajstić information content (AvgIpc) is 2.66. The van der Waals surface area contributed by atoms with E-state index in [4.69, 9.17) is 9.47 Å². The van der Waals surface area contributed by atoms with Crippen molar-refractivity contribution < 1.29 is 14.3 Å². The highest BCUT2D eigenvalue weighted by Gasteiger charge is 2.11. The van der Waals surface area contributed by atoms with Gasteiger partial charge in [-0.3, -0.25) is 0 Å². The number of rotatable bonds is 5. The molecule has 0 N–H and O–H groups in total. The zero-order chi connectivity index (χ0) is 18.4. The number of carbonyl (C=O) groups is 1. The highest BCUT2D eigenvalue weighted by atomic mass is 16.5. The van der Waals surface area contributed by atoms with E-state index in [1.54, 1.807) is 6.92 Å². The highest BCUT2D eigenvalue weighted by molar-refractivity contribution is 5.83. The van der Waals surface area contributed by atoms with Gasteiger partial charge in [0.25, 0.3) is 0 Å². The van der Waals surface area contributed by atoms with Gasteiger partial charge in [-0.15, -0.1) is 0 Å². The number of ether oxygens (including phenoxy) is 2. The molecule has 1 aliphatic heterocycles. The molecule has 0 aliphatic carbocycles. The van der Waals surface area contributed by atoms with Crippen LogP contribution in [-0.2, 0) is 9.53 Å². The molecule has 1 heterocycles. The summed E-state index contributed by atoms with van der Waals surface area (Å²) < 4.78 is 10.8. The summed E-state index contributed by atoms with van der Waals surface area (Å²) in [5.74, 6) is 0.571. The maximum absolute atomic E-state index is 11.5. The van der Waals surface area contributed by atoms with Crippen molar-refractivity contribution in [2.24, 2.45) is 0 Å². The van der Waals surface area contributed by atoms with Crippen LogP contribution in [0.25, 0.3) is 17.2 Å². The summed E-state index contributed by atoms with van der Waals surface area (Å²) >= 11 is 0. The third-order valence-corrected chi connectivity index (χ3v) is 4.04. The van der Waals surface area contributed by atoms with Gasteiger partial charge in [-0.05, 0) is 54.3 Å². The summed E-state index contributed by atoms with van der Waals surface area (Å²) in [5, 5.41) is 0. The summed E-state index contributed by atoms with van der Waals surface area (Å²) in [6.07, 6.45) is 7.49. The molecule has 3 nitrogen and oxygen atoms in total. The molecular weight excluding hydrogens is 324 g/mol. The molecule has 132 valence electrons. The van der Waals surface area contributed by atoms with Crippen LogP contribution >= 0.6 is 0 Å². The minimum Gasteiger partial charge on any atom is -0.488 e. The fourth-order valence-electron chi connectivity index (χ4n) is 2.76. The monoisotopic (exact) mass is 346 g/mol. The Kier molecular flexibility index (Phi) is 5.69. The standard InChI is InChI=1S/C23H22O3/c1-3-25-23(24)13-17(2)9-10-18-14-21-15-20(11-12-22(21)26-16-18)19-7-5-4-6-8-19/h4-15H,3,16H2,1-2H3. The molecule has 0 atom stereocenters. The number of hydrogen-bond donors (Lipinski definition) is 0. The van der Waals surface area contributed by atoms with Gasteiger partial charge < -0.3 is 9.47 Å². The van der Waals surface area contributed by atoms with Gasteiger partial charge in [-0.1, -0.05) is 48.6 Å². The largest absolute Gasteiger partial charge is 0.488 e. The predicted octanol–water partition coefficient (Wildman–Crippen LogP) is 5.20. The molecule has 0 unspecified atom stereocenters. The fraction of sp³-hybridized carbons (Fsp3) is 0.174. The highest BCUT2D eigenvalue weighted by Crippen LogP contribution is 2.31. The summed E-state index contributed by atoms with van der Waals surface area (Å²) in [6.45, 7) is 4.56. The summed E-state index contributed by atoms with van der Waals surface area (Å²) in [4.78, 5) is 11.5. The summed E-state index contributed by atoms with van der Waals surface area (Å²) in [7, 11) is 0. The Labute approximate surface area is 154 Å². The maximum atomic E-state index is 11.5. The van der Waals surface area contributed by atoms with Crippen LogP contribution in [0.15, 0.2) is 77.9 Å². The van der Waals surface area contributed by atoms with Crippen molar-refractivity contribution in [3.63, 3.8) is 0 Å². The molecule has 3 heteroatoms. The molecule has 0 saturated carbocycles. The maximum Gasteiger partial charge on any atom is 0.330 e. The van der Waals surface area contributed by atoms with Crippen molar-refractivity contribution in [2.45, 2.75) is 13.8 Å². The molecule has 0 spiro atoms. The zero-order valence-electron chi connectivity index (χ0n) is 15.1. The summed E-state index contributed by atoms with van der Waals surface area (Å²) in [5.41, 5.74) is 5.30. The van der Waals surface area contributed by atoms with E-state index in [9.17, 15) is 4.79 Å². The number of carbonyl (C=O) groups excluding carboxylic acids is 1. The Morgan fingerprint density at radius 2 is 1.96 bits per heavy atom. The minimum absolute atomic E-state index is 0.318. The van der Waals surface area contributed by atoms with E-state index in [0.29, 0.717) is 13.2 Å². The number of hydrogen-bond acceptors (Lipinski definition) is 3. The lowest BCUT2D eigenvalue weighted by Crippen LogP contribution is -2.06. The van der Waals surface area contributed by atoms with Crippen LogP contribution < -0.4 is 4.74 Å². The molecule has 3 rings (SSSR count). The topological polar surface area (TPSA) is 35.5 Å². The van der Waals surface area contributed by atoms with Crippen molar-refractivity contribution in [3.05, 3.63) is 83.5 Å². The van der Waals surface area contributed by atoms with Gasteiger partial charge in [0.05, 0.1) is 6.61 Å². The van der Waals surface area contributed by atoms with Gasteiger partial charge in [0.2, 0.25) is 0 Å². The average molecular weight is 346 g/mol. The molecule has 2 aromatic carbocycles. The van der Waals surface area contributed by atoms with E-state index in [-0.39, 0.29) is 5.97 Å². The SMILES string of the molecule is CCOC(=O)C=C(C)C=CC1=Cc2cc(-c3ccccc3)ccc2OC1. The van der Waals surface area contributed by atoms with Crippen LogP contribution in [-0.4, -0.2) is 19.2 Å². The van der Waals surface area contributed by atoms with Crippen LogP contribution in [0, 0.1) is 0 Å². The van der Waals surface area contributed by atoms with E-state index in [1.165, 1.54) is 11.6 Å². The molecule has 2 aromatic rings. The minimum atomic E-state index is -0.318.